The molecule has 1 aromatic rings. The molecule has 2 rings (SSSR count). The van der Waals surface area contributed by atoms with Crippen molar-refractivity contribution < 1.29 is 4.74 Å². The number of hydrogen-bond acceptors (Lipinski definition) is 7. The number of nitrogens with one attached hydrogen (secondary N) is 2. The first-order chi connectivity index (χ1) is 8.52. The average Bonchev–Trinajstić information content (AvgIpc) is 3.12. The highest BCUT2D eigenvalue weighted by Crippen LogP contribution is 2.24. The summed E-state index contributed by atoms with van der Waals surface area (Å²) in [5.41, 5.74) is -0.747. The standard InChI is InChI=1S/C11H16N6O/c1-11(2,6-12)17-9-14-8(13-7-4-5-7)15-10(16-9)18-3/h7H,4-5H2,1-3H3,(H2,13,14,15,16,17). The zero-order valence-electron chi connectivity index (χ0n) is 10.7. The Morgan fingerprint density at radius 2 is 1.94 bits per heavy atom. The van der Waals surface area contributed by atoms with Crippen LogP contribution in [0.5, 0.6) is 6.01 Å². The fourth-order valence-electron chi connectivity index (χ4n) is 1.29. The number of nitrogens with zero attached hydrogens (tertiary/aromatic N) is 4. The molecule has 1 aliphatic rings. The maximum absolute atomic E-state index is 8.98. The smallest absolute Gasteiger partial charge is 0.322 e. The molecule has 0 unspecified atom stereocenters. The zero-order chi connectivity index (χ0) is 13.2. The summed E-state index contributed by atoms with van der Waals surface area (Å²) in [6.45, 7) is 3.49. The first-order valence-electron chi connectivity index (χ1n) is 5.78. The summed E-state index contributed by atoms with van der Waals surface area (Å²) < 4.78 is 5.02. The summed E-state index contributed by atoms with van der Waals surface area (Å²) in [6.07, 6.45) is 2.25. The molecule has 1 aliphatic carbocycles. The largest absolute Gasteiger partial charge is 0.467 e. The van der Waals surface area contributed by atoms with E-state index in [0.717, 1.165) is 12.8 Å². The van der Waals surface area contributed by atoms with E-state index in [9.17, 15) is 0 Å². The summed E-state index contributed by atoms with van der Waals surface area (Å²) in [5.74, 6) is 0.803. The lowest BCUT2D eigenvalue weighted by atomic mass is 10.1. The van der Waals surface area contributed by atoms with E-state index in [1.165, 1.54) is 7.11 Å². The van der Waals surface area contributed by atoms with E-state index >= 15 is 0 Å². The number of methoxy groups -OCH3 is 1. The minimum Gasteiger partial charge on any atom is -0.467 e. The van der Waals surface area contributed by atoms with Crippen LogP contribution in [0.3, 0.4) is 0 Å². The van der Waals surface area contributed by atoms with Crippen molar-refractivity contribution in [1.82, 2.24) is 15.0 Å². The van der Waals surface area contributed by atoms with Gasteiger partial charge in [0.05, 0.1) is 13.2 Å². The Balaban J connectivity index is 2.20. The summed E-state index contributed by atoms with van der Waals surface area (Å²) in [7, 11) is 1.50. The Morgan fingerprint density at radius 1 is 1.28 bits per heavy atom. The summed E-state index contributed by atoms with van der Waals surface area (Å²) in [4.78, 5) is 12.4. The Hall–Kier alpha value is -2.10. The molecule has 0 radical (unpaired) electrons. The third kappa shape index (κ3) is 3.20. The Bertz CT molecular complexity index is 477. The van der Waals surface area contributed by atoms with Gasteiger partial charge in [0.2, 0.25) is 11.9 Å². The molecular formula is C11H16N6O. The molecule has 0 aliphatic heterocycles. The third-order valence-corrected chi connectivity index (χ3v) is 2.41. The quantitative estimate of drug-likeness (QED) is 0.807. The second kappa shape index (κ2) is 4.64. The number of nitriles is 1. The summed E-state index contributed by atoms with van der Waals surface area (Å²) in [5, 5.41) is 15.1. The van der Waals surface area contributed by atoms with E-state index in [1.807, 2.05) is 0 Å². The van der Waals surface area contributed by atoms with Crippen LogP contribution in [-0.2, 0) is 0 Å². The Morgan fingerprint density at radius 3 is 2.50 bits per heavy atom. The van der Waals surface area contributed by atoms with Gasteiger partial charge in [-0.15, -0.1) is 0 Å². The van der Waals surface area contributed by atoms with Crippen molar-refractivity contribution >= 4 is 11.9 Å². The van der Waals surface area contributed by atoms with E-state index in [1.54, 1.807) is 13.8 Å². The molecule has 0 bridgehead atoms. The van der Waals surface area contributed by atoms with Crippen LogP contribution in [0.15, 0.2) is 0 Å². The molecule has 0 aromatic carbocycles. The van der Waals surface area contributed by atoms with E-state index in [0.29, 0.717) is 17.9 Å². The topological polar surface area (TPSA) is 95.8 Å². The van der Waals surface area contributed by atoms with Crippen LogP contribution in [0, 0.1) is 11.3 Å². The molecule has 18 heavy (non-hydrogen) atoms. The van der Waals surface area contributed by atoms with Crippen LogP contribution in [-0.4, -0.2) is 33.6 Å². The van der Waals surface area contributed by atoms with Gasteiger partial charge in [0, 0.05) is 6.04 Å². The van der Waals surface area contributed by atoms with Crippen LogP contribution in [0.25, 0.3) is 0 Å². The van der Waals surface area contributed by atoms with Gasteiger partial charge in [-0.2, -0.15) is 20.2 Å². The van der Waals surface area contributed by atoms with Crippen LogP contribution >= 0.6 is 0 Å². The van der Waals surface area contributed by atoms with Crippen molar-refractivity contribution in [2.45, 2.75) is 38.3 Å². The van der Waals surface area contributed by atoms with Crippen molar-refractivity contribution in [3.8, 4) is 12.1 Å². The van der Waals surface area contributed by atoms with Gasteiger partial charge >= 0.3 is 6.01 Å². The lowest BCUT2D eigenvalue weighted by Crippen LogP contribution is -2.30. The van der Waals surface area contributed by atoms with Gasteiger partial charge in [0.1, 0.15) is 5.54 Å². The van der Waals surface area contributed by atoms with Gasteiger partial charge in [-0.3, -0.25) is 0 Å². The first kappa shape index (κ1) is 12.4. The van der Waals surface area contributed by atoms with E-state index in [2.05, 4.69) is 31.7 Å². The molecule has 1 heterocycles. The van der Waals surface area contributed by atoms with Gasteiger partial charge < -0.3 is 15.4 Å². The van der Waals surface area contributed by atoms with E-state index in [-0.39, 0.29) is 6.01 Å². The minimum atomic E-state index is -0.747. The number of rotatable bonds is 5. The maximum atomic E-state index is 8.98. The monoisotopic (exact) mass is 248 g/mol. The Labute approximate surface area is 106 Å². The third-order valence-electron chi connectivity index (χ3n) is 2.41. The second-order valence-electron chi connectivity index (χ2n) is 4.75. The van der Waals surface area contributed by atoms with Crippen LogP contribution in [0.4, 0.5) is 11.9 Å². The maximum Gasteiger partial charge on any atom is 0.322 e. The fraction of sp³-hybridized carbons (Fsp3) is 0.636. The van der Waals surface area contributed by atoms with Gasteiger partial charge in [0.15, 0.2) is 0 Å². The van der Waals surface area contributed by atoms with Crippen molar-refractivity contribution in [3.63, 3.8) is 0 Å². The van der Waals surface area contributed by atoms with Crippen molar-refractivity contribution in [2.75, 3.05) is 17.7 Å². The summed E-state index contributed by atoms with van der Waals surface area (Å²) in [6, 6.07) is 2.79. The molecule has 7 nitrogen and oxygen atoms in total. The number of hydrogen-bond donors (Lipinski definition) is 2. The van der Waals surface area contributed by atoms with Gasteiger partial charge in [-0.25, -0.2) is 0 Å². The van der Waals surface area contributed by atoms with Gasteiger partial charge in [-0.05, 0) is 26.7 Å². The van der Waals surface area contributed by atoms with Crippen LogP contribution in [0.2, 0.25) is 0 Å². The predicted octanol–water partition coefficient (Wildman–Crippen LogP) is 1.17. The van der Waals surface area contributed by atoms with E-state index in [4.69, 9.17) is 10.00 Å². The lowest BCUT2D eigenvalue weighted by Gasteiger charge is -2.17. The Kier molecular flexibility index (Phi) is 3.19. The molecule has 1 aromatic heterocycles. The average molecular weight is 248 g/mol. The lowest BCUT2D eigenvalue weighted by molar-refractivity contribution is 0.379. The number of ether oxygens (including phenoxy) is 1. The molecule has 0 amide bonds. The highest BCUT2D eigenvalue weighted by atomic mass is 16.5. The fourth-order valence-corrected chi connectivity index (χ4v) is 1.29. The molecule has 2 N–H and O–H groups in total. The SMILES string of the molecule is COc1nc(NC2CC2)nc(NC(C)(C)C#N)n1. The normalized spacial score (nSPS) is 14.8. The van der Waals surface area contributed by atoms with Gasteiger partial charge in [-0.1, -0.05) is 0 Å². The van der Waals surface area contributed by atoms with Crippen molar-refractivity contribution in [1.29, 1.82) is 5.26 Å². The van der Waals surface area contributed by atoms with Gasteiger partial charge in [0.25, 0.3) is 0 Å². The number of anilines is 2. The first-order valence-corrected chi connectivity index (χ1v) is 5.78. The van der Waals surface area contributed by atoms with Crippen LogP contribution < -0.4 is 15.4 Å². The van der Waals surface area contributed by atoms with E-state index < -0.39 is 5.54 Å². The molecular weight excluding hydrogens is 232 g/mol. The number of aromatic nitrogens is 3. The highest BCUT2D eigenvalue weighted by Gasteiger charge is 2.24. The molecule has 0 atom stereocenters. The molecule has 0 saturated heterocycles. The molecule has 7 heteroatoms. The molecule has 0 spiro atoms. The summed E-state index contributed by atoms with van der Waals surface area (Å²) >= 11 is 0. The van der Waals surface area contributed by atoms with Crippen molar-refractivity contribution in [3.05, 3.63) is 0 Å². The van der Waals surface area contributed by atoms with Crippen LogP contribution in [0.1, 0.15) is 26.7 Å². The molecule has 1 fully saturated rings. The highest BCUT2D eigenvalue weighted by molar-refractivity contribution is 5.40. The molecule has 1 saturated carbocycles. The molecule has 96 valence electrons. The second-order valence-corrected chi connectivity index (χ2v) is 4.75. The predicted molar refractivity (Wildman–Crippen MR) is 66.3 cm³/mol. The minimum absolute atomic E-state index is 0.226. The zero-order valence-corrected chi connectivity index (χ0v) is 10.7. The van der Waals surface area contributed by atoms with Crippen molar-refractivity contribution in [2.24, 2.45) is 0 Å².